The van der Waals surface area contributed by atoms with Gasteiger partial charge in [0.2, 0.25) is 0 Å². The van der Waals surface area contributed by atoms with Crippen molar-refractivity contribution in [2.75, 3.05) is 21.4 Å². The molecule has 0 saturated heterocycles. The van der Waals surface area contributed by atoms with E-state index in [4.69, 9.17) is 11.6 Å². The van der Waals surface area contributed by atoms with Crippen molar-refractivity contribution in [1.82, 2.24) is 9.36 Å². The fourth-order valence-electron chi connectivity index (χ4n) is 4.80. The molecule has 14 heteroatoms. The summed E-state index contributed by atoms with van der Waals surface area (Å²) in [5, 5.41) is 3.16. The average Bonchev–Trinajstić information content (AvgIpc) is 3.25. The minimum Gasteiger partial charge on any atom is -0.322 e. The molecule has 0 aliphatic carbocycles. The Morgan fingerprint density at radius 3 is 2.07 bits per heavy atom. The number of nitrogens with one attached hydrogen (secondary N) is 2. The van der Waals surface area contributed by atoms with E-state index in [9.17, 15) is 26.4 Å². The first-order chi connectivity index (χ1) is 21.7. The third-order valence-corrected chi connectivity index (χ3v) is 10.9. The molecular formula is C32H30ClN5O6S2. The smallest absolute Gasteiger partial charge is 0.296 e. The number of carbonyl (C=O) groups excluding carboxylic acids is 1. The van der Waals surface area contributed by atoms with E-state index in [1.54, 1.807) is 68.0 Å². The molecule has 238 valence electrons. The molecule has 0 saturated carbocycles. The van der Waals surface area contributed by atoms with Crippen LogP contribution in [0, 0.1) is 13.8 Å². The van der Waals surface area contributed by atoms with Gasteiger partial charge in [-0.05, 0) is 92.2 Å². The lowest BCUT2D eigenvalue weighted by Crippen LogP contribution is -2.31. The predicted octanol–water partition coefficient (Wildman–Crippen LogP) is 5.32. The zero-order valence-corrected chi connectivity index (χ0v) is 27.6. The summed E-state index contributed by atoms with van der Waals surface area (Å²) in [6.45, 7) is 3.37. The number of nitrogens with zero attached hydrogens (tertiary/aromatic N) is 3. The van der Waals surface area contributed by atoms with Crippen LogP contribution in [0.2, 0.25) is 5.02 Å². The number of rotatable bonds is 9. The van der Waals surface area contributed by atoms with Gasteiger partial charge in [0, 0.05) is 36.1 Å². The molecule has 1 heterocycles. The van der Waals surface area contributed by atoms with E-state index < -0.39 is 31.5 Å². The quantitative estimate of drug-likeness (QED) is 0.216. The van der Waals surface area contributed by atoms with Crippen molar-refractivity contribution in [2.24, 2.45) is 7.05 Å². The van der Waals surface area contributed by atoms with E-state index >= 15 is 0 Å². The first kappa shape index (κ1) is 32.5. The molecule has 5 rings (SSSR count). The largest absolute Gasteiger partial charge is 0.322 e. The summed E-state index contributed by atoms with van der Waals surface area (Å²) < 4.78 is 59.5. The van der Waals surface area contributed by atoms with Gasteiger partial charge in [0.05, 0.1) is 21.2 Å². The second-order valence-electron chi connectivity index (χ2n) is 10.5. The maximum atomic E-state index is 13.6. The summed E-state index contributed by atoms with van der Waals surface area (Å²) in [7, 11) is -5.19. The van der Waals surface area contributed by atoms with Crippen molar-refractivity contribution in [1.29, 1.82) is 0 Å². The van der Waals surface area contributed by atoms with E-state index in [2.05, 4.69) is 10.0 Å². The second kappa shape index (κ2) is 12.5. The Bertz CT molecular complexity index is 2210. The lowest BCUT2D eigenvalue weighted by molar-refractivity contribution is 0.102. The summed E-state index contributed by atoms with van der Waals surface area (Å²) >= 11 is 5.88. The molecule has 5 aromatic rings. The predicted molar refractivity (Wildman–Crippen MR) is 179 cm³/mol. The summed E-state index contributed by atoms with van der Waals surface area (Å²) in [6, 6.07) is 24.6. The van der Waals surface area contributed by atoms with Crippen LogP contribution in [0.25, 0.3) is 5.69 Å². The number of aryl methyl sites for hydroxylation is 1. The Morgan fingerprint density at radius 1 is 0.826 bits per heavy atom. The topological polar surface area (TPSA) is 140 Å². The summed E-state index contributed by atoms with van der Waals surface area (Å²) in [5.41, 5.74) is 1.84. The van der Waals surface area contributed by atoms with Gasteiger partial charge in [0.25, 0.3) is 31.5 Å². The molecule has 0 radical (unpaired) electrons. The van der Waals surface area contributed by atoms with Crippen molar-refractivity contribution in [3.63, 3.8) is 0 Å². The maximum absolute atomic E-state index is 13.6. The molecule has 2 N–H and O–H groups in total. The Morgan fingerprint density at radius 2 is 1.43 bits per heavy atom. The number of para-hydroxylation sites is 1. The van der Waals surface area contributed by atoms with Gasteiger partial charge in [-0.15, -0.1) is 0 Å². The number of carbonyl (C=O) groups is 1. The van der Waals surface area contributed by atoms with Crippen molar-refractivity contribution in [2.45, 2.75) is 23.6 Å². The lowest BCUT2D eigenvalue weighted by Gasteiger charge is -2.18. The molecule has 0 aliphatic rings. The highest BCUT2D eigenvalue weighted by molar-refractivity contribution is 7.93. The minimum absolute atomic E-state index is 0.0102. The molecule has 1 aromatic heterocycles. The molecule has 0 aliphatic heterocycles. The fourth-order valence-corrected chi connectivity index (χ4v) is 7.26. The van der Waals surface area contributed by atoms with Crippen LogP contribution in [0.4, 0.5) is 17.1 Å². The maximum Gasteiger partial charge on any atom is 0.296 e. The zero-order chi connectivity index (χ0) is 33.4. The number of anilines is 3. The van der Waals surface area contributed by atoms with Gasteiger partial charge < -0.3 is 5.32 Å². The number of hydrogen-bond acceptors (Lipinski definition) is 6. The van der Waals surface area contributed by atoms with Crippen LogP contribution < -0.4 is 19.9 Å². The highest BCUT2D eigenvalue weighted by atomic mass is 35.5. The van der Waals surface area contributed by atoms with Gasteiger partial charge in [-0.1, -0.05) is 35.9 Å². The van der Waals surface area contributed by atoms with E-state index in [0.717, 1.165) is 4.31 Å². The molecule has 46 heavy (non-hydrogen) atoms. The molecule has 0 bridgehead atoms. The normalized spacial score (nSPS) is 11.7. The minimum atomic E-state index is -4.19. The van der Waals surface area contributed by atoms with E-state index in [0.29, 0.717) is 27.7 Å². The van der Waals surface area contributed by atoms with E-state index in [1.807, 2.05) is 6.07 Å². The van der Waals surface area contributed by atoms with Crippen molar-refractivity contribution >= 4 is 54.6 Å². The van der Waals surface area contributed by atoms with Crippen LogP contribution in [-0.2, 0) is 27.1 Å². The highest BCUT2D eigenvalue weighted by Crippen LogP contribution is 2.26. The van der Waals surface area contributed by atoms with Crippen molar-refractivity contribution in [3.8, 4) is 5.69 Å². The van der Waals surface area contributed by atoms with Crippen LogP contribution in [0.15, 0.2) is 112 Å². The zero-order valence-electron chi connectivity index (χ0n) is 25.2. The number of aromatic nitrogens is 2. The van der Waals surface area contributed by atoms with Crippen molar-refractivity contribution < 1.29 is 21.6 Å². The van der Waals surface area contributed by atoms with Crippen LogP contribution in [-0.4, -0.2) is 39.2 Å². The number of benzene rings is 4. The molecule has 1 amide bonds. The molecule has 0 spiro atoms. The van der Waals surface area contributed by atoms with Crippen LogP contribution in [0.3, 0.4) is 0 Å². The summed E-state index contributed by atoms with van der Waals surface area (Å²) in [5.74, 6) is -0.578. The summed E-state index contributed by atoms with van der Waals surface area (Å²) in [4.78, 5) is 26.3. The van der Waals surface area contributed by atoms with Crippen LogP contribution in [0.5, 0.6) is 0 Å². The van der Waals surface area contributed by atoms with Gasteiger partial charge >= 0.3 is 0 Å². The first-order valence-electron chi connectivity index (χ1n) is 13.8. The van der Waals surface area contributed by atoms with E-state index in [-0.39, 0.29) is 26.7 Å². The molecule has 0 unspecified atom stereocenters. The molecule has 11 nitrogen and oxygen atoms in total. The van der Waals surface area contributed by atoms with Gasteiger partial charge in [0.1, 0.15) is 5.69 Å². The van der Waals surface area contributed by atoms with Gasteiger partial charge in [-0.25, -0.2) is 21.5 Å². The van der Waals surface area contributed by atoms with Gasteiger partial charge in [-0.3, -0.25) is 23.3 Å². The lowest BCUT2D eigenvalue weighted by atomic mass is 10.1. The Kier molecular flexibility index (Phi) is 8.85. The molecular weight excluding hydrogens is 650 g/mol. The SMILES string of the molecule is Cc1ccc(S(=O)(=O)Nc2ccc(Cl)cc2)cc1NC(=O)c1ccc(S(=O)(=O)N(C)c2c(C)n(C)n(-c3ccccc3)c2=O)cc1. The fraction of sp³-hybridized carbons (Fsp3) is 0.125. The monoisotopic (exact) mass is 679 g/mol. The third-order valence-electron chi connectivity index (χ3n) is 7.48. The van der Waals surface area contributed by atoms with Gasteiger partial charge in [-0.2, -0.15) is 0 Å². The number of hydrogen-bond donors (Lipinski definition) is 2. The van der Waals surface area contributed by atoms with Crippen LogP contribution in [0.1, 0.15) is 21.6 Å². The van der Waals surface area contributed by atoms with Crippen molar-refractivity contribution in [3.05, 3.63) is 129 Å². The highest BCUT2D eigenvalue weighted by Gasteiger charge is 2.29. The Balaban J connectivity index is 1.36. The molecule has 0 fully saturated rings. The number of halogens is 1. The average molecular weight is 680 g/mol. The summed E-state index contributed by atoms with van der Waals surface area (Å²) in [6.07, 6.45) is 0. The first-order valence-corrected chi connectivity index (χ1v) is 17.1. The number of amides is 1. The Hall–Kier alpha value is -4.85. The third kappa shape index (κ3) is 6.29. The van der Waals surface area contributed by atoms with Crippen LogP contribution >= 0.6 is 11.6 Å². The standard InChI is InChI=1S/C32H30ClN5O6S2/c1-21-10-17-28(45(41,42)35-25-15-13-24(33)14-16-25)20-29(21)34-31(39)23-11-18-27(19-12-23)46(43,44)37(4)30-22(2)36(3)38(32(30)40)26-8-6-5-7-9-26/h5-20,35H,1-4H3,(H,34,39). The molecule has 4 aromatic carbocycles. The van der Waals surface area contributed by atoms with E-state index in [1.165, 1.54) is 60.3 Å². The van der Waals surface area contributed by atoms with Gasteiger partial charge in [0.15, 0.2) is 0 Å². The Labute approximate surface area is 271 Å². The molecule has 0 atom stereocenters. The number of sulfonamides is 2. The second-order valence-corrected chi connectivity index (χ2v) is 14.5.